The van der Waals surface area contributed by atoms with Gasteiger partial charge < -0.3 is 77.8 Å². The SMILES string of the molecule is CC(Oc1ccc(Oc2ccc(C(F)(F)F)cn2)cc1)C(=O)O.CCCC(=NOCC)C1=C(O)CC(CC(C)SCC)CC1=O.COC(=O)C(C)Oc1ccc(Oc2ccc(Cl)cc2Cl)cc1.COC(=O)C(C)Oc1ccc(Oc2ncc(C(F)(F)F)cc2Cl)cc1.C[n+]1ccc(-c2cc[n+](C)cc2)cc1.[Cl-].[Cl-]. The highest BCUT2D eigenvalue weighted by atomic mass is 35.5. The van der Waals surface area contributed by atoms with Gasteiger partial charge in [0, 0.05) is 65.8 Å². The van der Waals surface area contributed by atoms with E-state index >= 15 is 0 Å². The fraction of sp³-hybridized carbons (Fsp3) is 0.329. The number of methoxy groups -OCH3 is 2. The van der Waals surface area contributed by atoms with E-state index in [0.29, 0.717) is 99.3 Å². The van der Waals surface area contributed by atoms with Gasteiger partial charge in [0.05, 0.1) is 41.7 Å². The van der Waals surface area contributed by atoms with Crippen molar-refractivity contribution in [2.45, 2.75) is 116 Å². The van der Waals surface area contributed by atoms with Crippen molar-refractivity contribution in [1.29, 1.82) is 0 Å². The second-order valence-electron chi connectivity index (χ2n) is 23.1. The second-order valence-corrected chi connectivity index (χ2v) is 26.0. The van der Waals surface area contributed by atoms with Gasteiger partial charge in [-0.25, -0.2) is 33.5 Å². The molecule has 8 aromatic rings. The smallest absolute Gasteiger partial charge is 0.417 e. The molecular weight excluding hydrogens is 1550 g/mol. The van der Waals surface area contributed by atoms with Crippen LogP contribution in [0.3, 0.4) is 0 Å². The highest BCUT2D eigenvalue weighted by molar-refractivity contribution is 7.99. The Hall–Kier alpha value is -9.25. The Morgan fingerprint density at radius 1 is 0.602 bits per heavy atom. The predicted molar refractivity (Wildman–Crippen MR) is 389 cm³/mol. The Bertz CT molecular complexity index is 4130. The molecule has 0 spiro atoms. The second kappa shape index (κ2) is 46.2. The molecule has 0 saturated carbocycles. The highest BCUT2D eigenvalue weighted by Crippen LogP contribution is 2.38. The summed E-state index contributed by atoms with van der Waals surface area (Å²) in [6.07, 6.45) is 1.65. The van der Waals surface area contributed by atoms with Crippen molar-refractivity contribution in [2.75, 3.05) is 26.6 Å². The number of allylic oxidation sites excluding steroid dienone is 2. The molecule has 4 aromatic carbocycles. The van der Waals surface area contributed by atoms with Crippen molar-refractivity contribution in [3.63, 3.8) is 0 Å². The van der Waals surface area contributed by atoms with Crippen LogP contribution in [0, 0.1) is 5.92 Å². The van der Waals surface area contributed by atoms with Crippen LogP contribution in [0.15, 0.2) is 187 Å². The van der Waals surface area contributed by atoms with Crippen LogP contribution >= 0.6 is 46.6 Å². The number of aromatic nitrogens is 4. The van der Waals surface area contributed by atoms with Crippen LogP contribution < -0.4 is 62.4 Å². The van der Waals surface area contributed by atoms with E-state index in [2.05, 4.69) is 87.5 Å². The number of pyridine rings is 4. The quantitative estimate of drug-likeness (QED) is 0.0178. The van der Waals surface area contributed by atoms with Gasteiger partial charge in [0.1, 0.15) is 71.7 Å². The molecule has 20 nitrogen and oxygen atoms in total. The molecule has 5 unspecified atom stereocenters. The first-order valence-corrected chi connectivity index (χ1v) is 35.0. The topological polar surface area (TPSA) is 238 Å². The average Bonchev–Trinajstić information content (AvgIpc) is 0.825. The lowest BCUT2D eigenvalue weighted by atomic mass is 9.82. The number of carboxylic acids is 1. The summed E-state index contributed by atoms with van der Waals surface area (Å²) in [6, 6.07) is 35.0. The molecule has 1 aliphatic carbocycles. The van der Waals surface area contributed by atoms with Crippen molar-refractivity contribution in [1.82, 2.24) is 9.97 Å². The van der Waals surface area contributed by atoms with Crippen LogP contribution in [0.25, 0.3) is 11.1 Å². The van der Waals surface area contributed by atoms with Gasteiger partial charge in [-0.2, -0.15) is 38.1 Å². The molecule has 0 fully saturated rings. The van der Waals surface area contributed by atoms with E-state index in [4.69, 9.17) is 73.2 Å². The lowest BCUT2D eigenvalue weighted by Crippen LogP contribution is -3.00. The summed E-state index contributed by atoms with van der Waals surface area (Å²) in [5, 5.41) is 24.4. The van der Waals surface area contributed by atoms with E-state index in [0.717, 1.165) is 36.8 Å². The molecule has 0 radical (unpaired) electrons. The Morgan fingerprint density at radius 2 is 1.06 bits per heavy atom. The number of alkyl halides is 6. The molecule has 4 heterocycles. The molecule has 584 valence electrons. The van der Waals surface area contributed by atoms with Gasteiger partial charge in [0.15, 0.2) is 48.9 Å². The largest absolute Gasteiger partial charge is 1.00 e. The minimum atomic E-state index is -4.54. The Morgan fingerprint density at radius 3 is 1.47 bits per heavy atom. The van der Waals surface area contributed by atoms with Gasteiger partial charge in [-0.15, -0.1) is 0 Å². The fourth-order valence-electron chi connectivity index (χ4n) is 9.30. The fourth-order valence-corrected chi connectivity index (χ4v) is 10.9. The number of nitrogens with zero attached hydrogens (tertiary/aromatic N) is 5. The lowest BCUT2D eigenvalue weighted by molar-refractivity contribution is -0.671. The minimum absolute atomic E-state index is 0. The molecule has 108 heavy (non-hydrogen) atoms. The maximum atomic E-state index is 12.6. The molecule has 0 bridgehead atoms. The molecule has 0 aliphatic heterocycles. The van der Waals surface area contributed by atoms with E-state index in [1.165, 1.54) is 87.7 Å². The summed E-state index contributed by atoms with van der Waals surface area (Å²) in [5.41, 5.74) is 1.68. The zero-order chi connectivity index (χ0) is 78.3. The number of oxime groups is 1. The molecule has 5 atom stereocenters. The number of benzene rings is 4. The Balaban J connectivity index is 0.000000352. The number of ether oxygens (including phenoxy) is 8. The van der Waals surface area contributed by atoms with Gasteiger partial charge in [0.2, 0.25) is 11.8 Å². The third-order valence-corrected chi connectivity index (χ3v) is 16.5. The number of carbonyl (C=O) groups excluding carboxylic acids is 3. The van der Waals surface area contributed by atoms with Crippen LogP contribution in [0.5, 0.6) is 52.0 Å². The van der Waals surface area contributed by atoms with E-state index in [1.807, 2.05) is 48.8 Å². The Kier molecular flexibility index (Phi) is 39.8. The number of aliphatic carboxylic acids is 1. The molecule has 0 saturated heterocycles. The number of aliphatic hydroxyl groups excluding tert-OH is 1. The molecule has 1 aliphatic rings. The first-order chi connectivity index (χ1) is 50.2. The lowest BCUT2D eigenvalue weighted by Gasteiger charge is -2.25. The number of esters is 2. The molecule has 4 aromatic heterocycles. The maximum Gasteiger partial charge on any atom is 0.417 e. The molecule has 2 N–H and O–H groups in total. The van der Waals surface area contributed by atoms with Gasteiger partial charge >= 0.3 is 30.3 Å². The summed E-state index contributed by atoms with van der Waals surface area (Å²) >= 11 is 19.6. The first-order valence-electron chi connectivity index (χ1n) is 32.8. The number of aliphatic hydroxyl groups is 1. The number of carbonyl (C=O) groups is 4. The monoisotopic (exact) mass is 1630 g/mol. The van der Waals surface area contributed by atoms with Crippen LogP contribution in [-0.4, -0.2) is 99.7 Å². The van der Waals surface area contributed by atoms with Crippen molar-refractivity contribution < 1.29 is 132 Å². The van der Waals surface area contributed by atoms with Crippen LogP contribution in [-0.2, 0) is 59.9 Å². The number of halogens is 11. The predicted octanol–water partition coefficient (Wildman–Crippen LogP) is 12.5. The number of hydrogen-bond donors (Lipinski definition) is 2. The van der Waals surface area contributed by atoms with Crippen molar-refractivity contribution in [3.8, 4) is 63.1 Å². The summed E-state index contributed by atoms with van der Waals surface area (Å²) in [4.78, 5) is 58.0. The number of thioether (sulfide) groups is 1. The highest BCUT2D eigenvalue weighted by Gasteiger charge is 2.34. The van der Waals surface area contributed by atoms with Crippen LogP contribution in [0.4, 0.5) is 26.3 Å². The summed E-state index contributed by atoms with van der Waals surface area (Å²) < 4.78 is 120. The van der Waals surface area contributed by atoms with Gasteiger partial charge in [-0.3, -0.25) is 4.79 Å². The van der Waals surface area contributed by atoms with E-state index in [-0.39, 0.29) is 64.8 Å². The number of Topliss-reactive ketones (excluding diaryl/α,β-unsaturated/α-hetero) is 1. The minimum Gasteiger partial charge on any atom is -1.00 e. The summed E-state index contributed by atoms with van der Waals surface area (Å²) in [5.74, 6) is 2.25. The first kappa shape index (κ1) is 93.0. The molecule has 32 heteroatoms. The van der Waals surface area contributed by atoms with Crippen molar-refractivity contribution >= 4 is 76.0 Å². The zero-order valence-corrected chi connectivity index (χ0v) is 65.1. The van der Waals surface area contributed by atoms with Gasteiger partial charge in [0.25, 0.3) is 0 Å². The third kappa shape index (κ3) is 31.9. The number of carboxylic acid groups (broad SMARTS) is 1. The van der Waals surface area contributed by atoms with Gasteiger partial charge in [-0.05, 0) is 166 Å². The number of rotatable bonds is 25. The molecule has 9 rings (SSSR count). The number of hydrogen-bond acceptors (Lipinski definition) is 18. The summed E-state index contributed by atoms with van der Waals surface area (Å²) in [6.45, 7) is 13.2. The van der Waals surface area contributed by atoms with E-state index < -0.39 is 59.7 Å². The molecule has 0 amide bonds. The average molecular weight is 1630 g/mol. The standard InChI is InChI=1S/C17H29NO3S.C16H14Cl2O4.C16H13ClF3NO4.C15H12F3NO4.C12H14N2.2ClH/c1-5-8-14(18-21-6-2)17-15(19)10-13(11-16(17)20)9-12(4)22-7-3;1-10(16(19)20-2)21-12-4-6-13(7-5-12)22-15-8-3-11(17)9-14(15)18;1-9(15(22)23-2)24-11-3-5-12(6-4-11)25-14-13(17)7-10(8-21-14)16(18,19)20;1-9(14(20)21)22-11-3-5-12(6-4-11)23-13-7-2-10(8-19-13)15(16,17)18;1-13-7-3-11(4-8-13)12-5-9-14(2)10-6-12;;/h12-13,19H,5-11H2,1-4H3;3-10H,1-2H3;3-9H,1-2H3;2-9H,1H3,(H,20,21);3-10H,1-2H3;2*1H/q;;;;+2;;/p-2. The summed E-state index contributed by atoms with van der Waals surface area (Å²) in [7, 11) is 6.61. The normalized spacial score (nSPS) is 13.5. The zero-order valence-electron chi connectivity index (χ0n) is 60.5. The van der Waals surface area contributed by atoms with Crippen molar-refractivity contribution in [2.24, 2.45) is 25.2 Å². The number of ketones is 1. The molecular formula is C76H82Cl5F6N5O15S. The number of aryl methyl sites for hydroxylation is 2. The third-order valence-electron chi connectivity index (χ3n) is 14.6. The van der Waals surface area contributed by atoms with E-state index in [9.17, 15) is 50.6 Å². The maximum absolute atomic E-state index is 12.6. The Labute approximate surface area is 654 Å². The van der Waals surface area contributed by atoms with Gasteiger partial charge in [-0.1, -0.05) is 67.2 Å². The van der Waals surface area contributed by atoms with E-state index in [1.54, 1.807) is 49.4 Å². The van der Waals surface area contributed by atoms with Crippen LogP contribution in [0.1, 0.15) is 91.7 Å². The van der Waals surface area contributed by atoms with Crippen LogP contribution in [0.2, 0.25) is 15.1 Å². The van der Waals surface area contributed by atoms with Crippen molar-refractivity contribution in [3.05, 3.63) is 208 Å².